The Morgan fingerprint density at radius 3 is 2.32 bits per heavy atom. The van der Waals surface area contributed by atoms with Gasteiger partial charge in [0.05, 0.1) is 17.9 Å². The standard InChI is InChI=1S/C17H18N2O2S/c1-13-6-2-3-7-14(13)12-18-16-8-4-5-9-17(16)19(15-10-11-15)22(18,20)21/h2-9,15H,10-12H2,1H3. The van der Waals surface area contributed by atoms with E-state index in [0.29, 0.717) is 6.54 Å². The molecule has 2 aromatic rings. The number of anilines is 2. The molecule has 1 aliphatic carbocycles. The molecule has 5 heteroatoms. The Bertz CT molecular complexity index is 828. The Balaban J connectivity index is 1.80. The maximum atomic E-state index is 13.0. The Labute approximate surface area is 131 Å². The molecule has 1 fully saturated rings. The third kappa shape index (κ3) is 2.00. The van der Waals surface area contributed by atoms with Crippen molar-refractivity contribution in [1.29, 1.82) is 0 Å². The first-order valence-electron chi connectivity index (χ1n) is 7.54. The summed E-state index contributed by atoms with van der Waals surface area (Å²) in [5, 5.41) is 0. The SMILES string of the molecule is Cc1ccccc1CN1c2ccccc2N(C2CC2)S1(=O)=O. The number of hydrogen-bond donors (Lipinski definition) is 0. The Morgan fingerprint density at radius 2 is 1.64 bits per heavy atom. The van der Waals surface area contributed by atoms with Crippen LogP contribution in [0.4, 0.5) is 11.4 Å². The van der Waals surface area contributed by atoms with E-state index in [1.807, 2.05) is 55.5 Å². The quantitative estimate of drug-likeness (QED) is 0.872. The average Bonchev–Trinajstić information content (AvgIpc) is 3.28. The van der Waals surface area contributed by atoms with Crippen LogP contribution in [0.1, 0.15) is 24.0 Å². The number of fused-ring (bicyclic) bond motifs is 1. The van der Waals surface area contributed by atoms with Crippen molar-refractivity contribution in [1.82, 2.24) is 0 Å². The molecule has 4 rings (SSSR count). The van der Waals surface area contributed by atoms with E-state index >= 15 is 0 Å². The lowest BCUT2D eigenvalue weighted by Gasteiger charge is -2.22. The van der Waals surface area contributed by atoms with Gasteiger partial charge in [-0.05, 0) is 43.0 Å². The normalized spacial score (nSPS) is 19.3. The van der Waals surface area contributed by atoms with Gasteiger partial charge in [-0.15, -0.1) is 0 Å². The van der Waals surface area contributed by atoms with E-state index in [1.54, 1.807) is 8.61 Å². The highest BCUT2D eigenvalue weighted by atomic mass is 32.2. The summed E-state index contributed by atoms with van der Waals surface area (Å²) in [6.45, 7) is 2.40. The van der Waals surface area contributed by atoms with Crippen molar-refractivity contribution in [2.75, 3.05) is 8.61 Å². The van der Waals surface area contributed by atoms with E-state index in [9.17, 15) is 8.42 Å². The van der Waals surface area contributed by atoms with Crippen LogP contribution in [0.3, 0.4) is 0 Å². The van der Waals surface area contributed by atoms with Crippen molar-refractivity contribution in [3.8, 4) is 0 Å². The summed E-state index contributed by atoms with van der Waals surface area (Å²) in [6, 6.07) is 15.7. The van der Waals surface area contributed by atoms with Crippen LogP contribution in [0.15, 0.2) is 48.5 Å². The van der Waals surface area contributed by atoms with Crippen LogP contribution in [0.5, 0.6) is 0 Å². The number of hydrogen-bond acceptors (Lipinski definition) is 2. The molecule has 0 aromatic heterocycles. The zero-order valence-electron chi connectivity index (χ0n) is 12.4. The maximum absolute atomic E-state index is 13.0. The van der Waals surface area contributed by atoms with Gasteiger partial charge in [0.1, 0.15) is 0 Å². The molecule has 114 valence electrons. The number of rotatable bonds is 3. The van der Waals surface area contributed by atoms with Crippen molar-refractivity contribution >= 4 is 21.6 Å². The van der Waals surface area contributed by atoms with Gasteiger partial charge in [0, 0.05) is 6.04 Å². The van der Waals surface area contributed by atoms with Crippen molar-refractivity contribution in [2.45, 2.75) is 32.4 Å². The van der Waals surface area contributed by atoms with E-state index in [-0.39, 0.29) is 6.04 Å². The second kappa shape index (κ2) is 4.74. The van der Waals surface area contributed by atoms with Gasteiger partial charge in [-0.25, -0.2) is 8.61 Å². The fourth-order valence-electron chi connectivity index (χ4n) is 3.02. The molecule has 1 saturated carbocycles. The number of para-hydroxylation sites is 2. The third-order valence-electron chi connectivity index (χ3n) is 4.37. The summed E-state index contributed by atoms with van der Waals surface area (Å²) in [6.07, 6.45) is 1.90. The van der Waals surface area contributed by atoms with Crippen LogP contribution in [0.2, 0.25) is 0 Å². The average molecular weight is 314 g/mol. The predicted molar refractivity (Wildman–Crippen MR) is 88.2 cm³/mol. The second-order valence-electron chi connectivity index (χ2n) is 5.96. The number of benzene rings is 2. The molecular weight excluding hydrogens is 296 g/mol. The fraction of sp³-hybridized carbons (Fsp3) is 0.294. The molecule has 0 N–H and O–H groups in total. The Hall–Kier alpha value is -2.01. The minimum absolute atomic E-state index is 0.132. The van der Waals surface area contributed by atoms with Crippen LogP contribution in [0, 0.1) is 6.92 Å². The monoisotopic (exact) mass is 314 g/mol. The summed E-state index contributed by atoms with van der Waals surface area (Å²) in [5.41, 5.74) is 3.76. The topological polar surface area (TPSA) is 40.6 Å². The summed E-state index contributed by atoms with van der Waals surface area (Å²) >= 11 is 0. The summed E-state index contributed by atoms with van der Waals surface area (Å²) < 4.78 is 29.2. The maximum Gasteiger partial charge on any atom is 0.327 e. The minimum Gasteiger partial charge on any atom is -0.248 e. The van der Waals surface area contributed by atoms with E-state index in [2.05, 4.69) is 0 Å². The smallest absolute Gasteiger partial charge is 0.248 e. The molecule has 2 aliphatic rings. The molecule has 0 amide bonds. The largest absolute Gasteiger partial charge is 0.327 e. The molecule has 4 nitrogen and oxygen atoms in total. The summed E-state index contributed by atoms with van der Waals surface area (Å²) in [4.78, 5) is 0. The van der Waals surface area contributed by atoms with Crippen molar-refractivity contribution in [3.05, 3.63) is 59.7 Å². The number of nitrogens with zero attached hydrogens (tertiary/aromatic N) is 2. The molecule has 2 aromatic carbocycles. The summed E-state index contributed by atoms with van der Waals surface area (Å²) in [7, 11) is -3.47. The van der Waals surface area contributed by atoms with E-state index in [1.165, 1.54) is 0 Å². The van der Waals surface area contributed by atoms with Gasteiger partial charge in [-0.2, -0.15) is 8.42 Å². The molecule has 0 atom stereocenters. The molecular formula is C17H18N2O2S. The fourth-order valence-corrected chi connectivity index (χ4v) is 4.93. The Morgan fingerprint density at radius 1 is 1.00 bits per heavy atom. The second-order valence-corrected chi connectivity index (χ2v) is 7.69. The van der Waals surface area contributed by atoms with Gasteiger partial charge < -0.3 is 0 Å². The first-order chi connectivity index (χ1) is 10.6. The van der Waals surface area contributed by atoms with Crippen molar-refractivity contribution in [2.24, 2.45) is 0 Å². The summed E-state index contributed by atoms with van der Waals surface area (Å²) in [5.74, 6) is 0. The highest BCUT2D eigenvalue weighted by Gasteiger charge is 2.47. The van der Waals surface area contributed by atoms with Gasteiger partial charge in [0.25, 0.3) is 0 Å². The zero-order valence-corrected chi connectivity index (χ0v) is 13.3. The lowest BCUT2D eigenvalue weighted by molar-refractivity contribution is 0.588. The van der Waals surface area contributed by atoms with Crippen LogP contribution in [-0.4, -0.2) is 14.5 Å². The first kappa shape index (κ1) is 13.6. The van der Waals surface area contributed by atoms with Crippen molar-refractivity contribution < 1.29 is 8.42 Å². The predicted octanol–water partition coefficient (Wildman–Crippen LogP) is 3.23. The molecule has 22 heavy (non-hydrogen) atoms. The molecule has 0 unspecified atom stereocenters. The highest BCUT2D eigenvalue weighted by molar-refractivity contribution is 7.94. The van der Waals surface area contributed by atoms with Gasteiger partial charge in [0.2, 0.25) is 0 Å². The molecule has 0 spiro atoms. The zero-order chi connectivity index (χ0) is 15.3. The molecule has 0 radical (unpaired) electrons. The molecule has 1 aliphatic heterocycles. The Kier molecular flexibility index (Phi) is 2.94. The van der Waals surface area contributed by atoms with Gasteiger partial charge in [0.15, 0.2) is 0 Å². The van der Waals surface area contributed by atoms with E-state index < -0.39 is 10.2 Å². The van der Waals surface area contributed by atoms with Gasteiger partial charge >= 0.3 is 10.2 Å². The molecule has 0 saturated heterocycles. The van der Waals surface area contributed by atoms with Crippen molar-refractivity contribution in [3.63, 3.8) is 0 Å². The van der Waals surface area contributed by atoms with E-state index in [4.69, 9.17) is 0 Å². The minimum atomic E-state index is -3.47. The van der Waals surface area contributed by atoms with Crippen LogP contribution >= 0.6 is 0 Å². The van der Waals surface area contributed by atoms with Crippen LogP contribution in [0.25, 0.3) is 0 Å². The van der Waals surface area contributed by atoms with E-state index in [0.717, 1.165) is 35.3 Å². The third-order valence-corrected chi connectivity index (χ3v) is 6.24. The molecule has 1 heterocycles. The molecule has 0 bridgehead atoms. The lowest BCUT2D eigenvalue weighted by atomic mass is 10.1. The van der Waals surface area contributed by atoms with Crippen LogP contribution < -0.4 is 8.61 Å². The van der Waals surface area contributed by atoms with Crippen LogP contribution in [-0.2, 0) is 16.8 Å². The lowest BCUT2D eigenvalue weighted by Crippen LogP contribution is -2.38. The van der Waals surface area contributed by atoms with Gasteiger partial charge in [-0.3, -0.25) is 0 Å². The first-order valence-corrected chi connectivity index (χ1v) is 8.94. The number of aryl methyl sites for hydroxylation is 1. The highest BCUT2D eigenvalue weighted by Crippen LogP contribution is 2.47. The van der Waals surface area contributed by atoms with Gasteiger partial charge in [-0.1, -0.05) is 36.4 Å².